The minimum atomic E-state index is -0.231. The summed E-state index contributed by atoms with van der Waals surface area (Å²) < 4.78 is 15.8. The molecule has 2 rings (SSSR count). The van der Waals surface area contributed by atoms with Gasteiger partial charge in [-0.25, -0.2) is 4.39 Å². The second-order valence-corrected chi connectivity index (χ2v) is 6.51. The maximum atomic E-state index is 14.1. The summed E-state index contributed by atoms with van der Waals surface area (Å²) in [7, 11) is 0. The number of benzene rings is 2. The standard InChI is InChI=1S/C15H13Br2ClFN/c1-2-20-15(9-3-5-13(18)12(17)7-9)11-8-10(16)4-6-14(11)19/h3-8,15,20H,2H2,1H3. The van der Waals surface area contributed by atoms with Gasteiger partial charge in [-0.15, -0.1) is 0 Å². The molecule has 0 aromatic heterocycles. The zero-order valence-electron chi connectivity index (χ0n) is 10.8. The molecule has 1 N–H and O–H groups in total. The molecule has 0 fully saturated rings. The molecular weight excluding hydrogens is 408 g/mol. The maximum absolute atomic E-state index is 14.1. The lowest BCUT2D eigenvalue weighted by molar-refractivity contribution is 0.558. The molecule has 1 nitrogen and oxygen atoms in total. The molecule has 0 amide bonds. The van der Waals surface area contributed by atoms with Crippen LogP contribution in [0.3, 0.4) is 0 Å². The van der Waals surface area contributed by atoms with Crippen molar-refractivity contribution in [3.05, 3.63) is 67.3 Å². The van der Waals surface area contributed by atoms with Gasteiger partial charge in [-0.1, -0.05) is 40.5 Å². The fourth-order valence-electron chi connectivity index (χ4n) is 2.04. The lowest BCUT2D eigenvalue weighted by Crippen LogP contribution is -2.23. The van der Waals surface area contributed by atoms with Gasteiger partial charge in [-0.05, 0) is 58.4 Å². The van der Waals surface area contributed by atoms with Gasteiger partial charge < -0.3 is 5.32 Å². The summed E-state index contributed by atoms with van der Waals surface area (Å²) in [5.41, 5.74) is 1.57. The summed E-state index contributed by atoms with van der Waals surface area (Å²) in [5.74, 6) is -0.231. The highest BCUT2D eigenvalue weighted by atomic mass is 79.9. The van der Waals surface area contributed by atoms with E-state index in [0.717, 1.165) is 21.1 Å². The van der Waals surface area contributed by atoms with Crippen LogP contribution in [0.2, 0.25) is 5.02 Å². The molecule has 106 valence electrons. The van der Waals surface area contributed by atoms with E-state index in [1.54, 1.807) is 18.2 Å². The Labute approximate surface area is 139 Å². The van der Waals surface area contributed by atoms with Gasteiger partial charge in [0.25, 0.3) is 0 Å². The highest BCUT2D eigenvalue weighted by molar-refractivity contribution is 9.10. The lowest BCUT2D eigenvalue weighted by atomic mass is 9.98. The van der Waals surface area contributed by atoms with Crippen LogP contribution < -0.4 is 5.32 Å². The number of halogens is 4. The van der Waals surface area contributed by atoms with Crippen molar-refractivity contribution < 1.29 is 4.39 Å². The summed E-state index contributed by atoms with van der Waals surface area (Å²) in [5, 5.41) is 3.94. The van der Waals surface area contributed by atoms with Gasteiger partial charge in [0.05, 0.1) is 11.1 Å². The van der Waals surface area contributed by atoms with Crippen molar-refractivity contribution in [1.82, 2.24) is 5.32 Å². The Morgan fingerprint density at radius 2 is 1.95 bits per heavy atom. The molecule has 2 aromatic rings. The van der Waals surface area contributed by atoms with Crippen LogP contribution in [-0.4, -0.2) is 6.54 Å². The fourth-order valence-corrected chi connectivity index (χ4v) is 2.93. The fraction of sp³-hybridized carbons (Fsp3) is 0.200. The molecule has 0 aliphatic heterocycles. The van der Waals surface area contributed by atoms with Crippen molar-refractivity contribution in [2.45, 2.75) is 13.0 Å². The smallest absolute Gasteiger partial charge is 0.128 e. The first kappa shape index (κ1) is 16.0. The van der Waals surface area contributed by atoms with E-state index in [-0.39, 0.29) is 11.9 Å². The Kier molecular flexibility index (Phi) is 5.61. The highest BCUT2D eigenvalue weighted by Gasteiger charge is 2.18. The van der Waals surface area contributed by atoms with Crippen LogP contribution >= 0.6 is 43.5 Å². The molecule has 2 aromatic carbocycles. The average Bonchev–Trinajstić information content (AvgIpc) is 2.42. The van der Waals surface area contributed by atoms with E-state index in [4.69, 9.17) is 11.6 Å². The van der Waals surface area contributed by atoms with Crippen molar-refractivity contribution >= 4 is 43.5 Å². The Hall–Kier alpha value is -0.420. The molecule has 0 saturated heterocycles. The lowest BCUT2D eigenvalue weighted by Gasteiger charge is -2.20. The Balaban J connectivity index is 2.49. The molecular formula is C15H13Br2ClFN. The van der Waals surface area contributed by atoms with E-state index < -0.39 is 0 Å². The van der Waals surface area contributed by atoms with E-state index in [0.29, 0.717) is 10.6 Å². The first-order chi connectivity index (χ1) is 9.52. The summed E-state index contributed by atoms with van der Waals surface area (Å²) >= 11 is 12.8. The zero-order valence-corrected chi connectivity index (χ0v) is 14.7. The van der Waals surface area contributed by atoms with Gasteiger partial charge in [0.15, 0.2) is 0 Å². The van der Waals surface area contributed by atoms with Crippen LogP contribution in [0.1, 0.15) is 24.1 Å². The second kappa shape index (κ2) is 7.03. The molecule has 1 atom stereocenters. The summed E-state index contributed by atoms with van der Waals surface area (Å²) in [6.07, 6.45) is 0. The Morgan fingerprint density at radius 1 is 1.20 bits per heavy atom. The molecule has 1 unspecified atom stereocenters. The minimum Gasteiger partial charge on any atom is -0.306 e. The summed E-state index contributed by atoms with van der Waals surface area (Å²) in [6, 6.07) is 10.4. The second-order valence-electron chi connectivity index (χ2n) is 4.33. The van der Waals surface area contributed by atoms with Crippen LogP contribution in [0.15, 0.2) is 45.3 Å². The molecule has 0 aliphatic rings. The molecule has 0 saturated carbocycles. The zero-order chi connectivity index (χ0) is 14.7. The third-order valence-electron chi connectivity index (χ3n) is 2.95. The molecule has 0 radical (unpaired) electrons. The first-order valence-corrected chi connectivity index (χ1v) is 8.12. The van der Waals surface area contributed by atoms with Crippen molar-refractivity contribution in [2.75, 3.05) is 6.54 Å². The van der Waals surface area contributed by atoms with Crippen molar-refractivity contribution in [1.29, 1.82) is 0 Å². The van der Waals surface area contributed by atoms with Crippen molar-refractivity contribution in [3.8, 4) is 0 Å². The first-order valence-electron chi connectivity index (χ1n) is 6.16. The van der Waals surface area contributed by atoms with Gasteiger partial charge in [0.2, 0.25) is 0 Å². The molecule has 5 heteroatoms. The van der Waals surface area contributed by atoms with Crippen LogP contribution in [0.5, 0.6) is 0 Å². The Morgan fingerprint density at radius 3 is 2.60 bits per heavy atom. The van der Waals surface area contributed by atoms with Crippen molar-refractivity contribution in [3.63, 3.8) is 0 Å². The van der Waals surface area contributed by atoms with Gasteiger partial charge in [-0.3, -0.25) is 0 Å². The average molecular weight is 422 g/mol. The predicted octanol–water partition coefficient (Wildman–Crippen LogP) is 5.70. The van der Waals surface area contributed by atoms with Crippen LogP contribution in [0.25, 0.3) is 0 Å². The monoisotopic (exact) mass is 419 g/mol. The van der Waals surface area contributed by atoms with E-state index in [1.807, 2.05) is 19.1 Å². The van der Waals surface area contributed by atoms with E-state index in [1.165, 1.54) is 6.07 Å². The van der Waals surface area contributed by atoms with Crippen molar-refractivity contribution in [2.24, 2.45) is 0 Å². The number of hydrogen-bond acceptors (Lipinski definition) is 1. The molecule has 20 heavy (non-hydrogen) atoms. The number of hydrogen-bond donors (Lipinski definition) is 1. The van der Waals surface area contributed by atoms with E-state index in [9.17, 15) is 4.39 Å². The highest BCUT2D eigenvalue weighted by Crippen LogP contribution is 2.31. The topological polar surface area (TPSA) is 12.0 Å². The van der Waals surface area contributed by atoms with E-state index in [2.05, 4.69) is 37.2 Å². The molecule has 0 bridgehead atoms. The van der Waals surface area contributed by atoms with Crippen LogP contribution in [0, 0.1) is 5.82 Å². The normalized spacial score (nSPS) is 12.4. The maximum Gasteiger partial charge on any atom is 0.128 e. The third-order valence-corrected chi connectivity index (χ3v) is 4.66. The Bertz CT molecular complexity index is 619. The summed E-state index contributed by atoms with van der Waals surface area (Å²) in [4.78, 5) is 0. The number of nitrogens with one attached hydrogen (secondary N) is 1. The van der Waals surface area contributed by atoms with Gasteiger partial charge >= 0.3 is 0 Å². The molecule has 0 aliphatic carbocycles. The van der Waals surface area contributed by atoms with Gasteiger partial charge in [0.1, 0.15) is 5.82 Å². The quantitative estimate of drug-likeness (QED) is 0.667. The van der Waals surface area contributed by atoms with Crippen LogP contribution in [-0.2, 0) is 0 Å². The predicted molar refractivity (Wildman–Crippen MR) is 88.8 cm³/mol. The summed E-state index contributed by atoms with van der Waals surface area (Å²) in [6.45, 7) is 2.73. The molecule has 0 spiro atoms. The SMILES string of the molecule is CCNC(c1ccc(Cl)c(Br)c1)c1cc(Br)ccc1F. The van der Waals surface area contributed by atoms with Crippen LogP contribution in [0.4, 0.5) is 4.39 Å². The number of rotatable bonds is 4. The molecule has 0 heterocycles. The van der Waals surface area contributed by atoms with E-state index >= 15 is 0 Å². The third kappa shape index (κ3) is 3.61. The largest absolute Gasteiger partial charge is 0.306 e. The van der Waals surface area contributed by atoms with Gasteiger partial charge in [-0.2, -0.15) is 0 Å². The van der Waals surface area contributed by atoms with Gasteiger partial charge in [0, 0.05) is 14.5 Å². The minimum absolute atomic E-state index is 0.217.